The molecule has 2 aromatic carbocycles. The highest BCUT2D eigenvalue weighted by Gasteiger charge is 2.16. The zero-order valence-corrected chi connectivity index (χ0v) is 15.2. The maximum atomic E-state index is 11.8. The van der Waals surface area contributed by atoms with Crippen molar-refractivity contribution in [3.05, 3.63) is 82.0 Å². The van der Waals surface area contributed by atoms with Crippen LogP contribution < -0.4 is 5.73 Å². The molecule has 0 unspecified atom stereocenters. The molecular formula is C21H21ClN2O. The molecule has 0 spiro atoms. The van der Waals surface area contributed by atoms with E-state index in [-0.39, 0.29) is 0 Å². The van der Waals surface area contributed by atoms with Gasteiger partial charge in [-0.3, -0.25) is 4.79 Å². The predicted octanol–water partition coefficient (Wildman–Crippen LogP) is 4.77. The lowest BCUT2D eigenvalue weighted by Crippen LogP contribution is -2.13. The van der Waals surface area contributed by atoms with Crippen LogP contribution >= 0.6 is 11.6 Å². The third kappa shape index (κ3) is 3.77. The van der Waals surface area contributed by atoms with Crippen LogP contribution in [0.1, 0.15) is 27.2 Å². The number of aromatic nitrogens is 1. The van der Waals surface area contributed by atoms with Crippen molar-refractivity contribution < 1.29 is 4.79 Å². The molecule has 2 N–H and O–H groups in total. The van der Waals surface area contributed by atoms with Gasteiger partial charge in [-0.1, -0.05) is 53.6 Å². The number of hydrogen-bond donors (Lipinski definition) is 1. The molecule has 0 aliphatic heterocycles. The maximum Gasteiger partial charge on any atom is 0.250 e. The molecule has 128 valence electrons. The highest BCUT2D eigenvalue weighted by Crippen LogP contribution is 2.27. The quantitative estimate of drug-likeness (QED) is 0.706. The van der Waals surface area contributed by atoms with Crippen molar-refractivity contribution in [2.24, 2.45) is 5.73 Å². The SMILES string of the molecule is Cc1ccc(-c2cc(C(N)=O)c(C)n2CCc2ccc(Cl)cc2)cc1. The Labute approximate surface area is 153 Å². The van der Waals surface area contributed by atoms with E-state index in [1.54, 1.807) is 0 Å². The van der Waals surface area contributed by atoms with Gasteiger partial charge < -0.3 is 10.3 Å². The van der Waals surface area contributed by atoms with Crippen molar-refractivity contribution >= 4 is 17.5 Å². The summed E-state index contributed by atoms with van der Waals surface area (Å²) in [6.07, 6.45) is 0.851. The molecule has 3 aromatic rings. The Morgan fingerprint density at radius 3 is 2.28 bits per heavy atom. The van der Waals surface area contributed by atoms with Gasteiger partial charge in [-0.2, -0.15) is 0 Å². The molecule has 25 heavy (non-hydrogen) atoms. The lowest BCUT2D eigenvalue weighted by molar-refractivity contribution is 0.0999. The Kier molecular flexibility index (Phi) is 4.95. The molecule has 4 heteroatoms. The second-order valence-corrected chi connectivity index (χ2v) is 6.72. The second-order valence-electron chi connectivity index (χ2n) is 6.29. The third-order valence-electron chi connectivity index (χ3n) is 4.52. The van der Waals surface area contributed by atoms with E-state index in [9.17, 15) is 4.79 Å². The molecule has 0 bridgehead atoms. The molecule has 0 aliphatic rings. The molecule has 0 saturated heterocycles. The number of primary amides is 1. The molecule has 3 rings (SSSR count). The van der Waals surface area contributed by atoms with Crippen molar-refractivity contribution in [2.75, 3.05) is 0 Å². The fourth-order valence-electron chi connectivity index (χ4n) is 3.04. The van der Waals surface area contributed by atoms with Crippen LogP contribution in [0.4, 0.5) is 0 Å². The third-order valence-corrected chi connectivity index (χ3v) is 4.77. The van der Waals surface area contributed by atoms with Gasteiger partial charge >= 0.3 is 0 Å². The molecule has 0 atom stereocenters. The Balaban J connectivity index is 1.96. The lowest BCUT2D eigenvalue weighted by Gasteiger charge is -2.12. The zero-order valence-electron chi connectivity index (χ0n) is 14.4. The van der Waals surface area contributed by atoms with E-state index >= 15 is 0 Å². The van der Waals surface area contributed by atoms with Crippen LogP contribution in [0.25, 0.3) is 11.3 Å². The number of carbonyl (C=O) groups excluding carboxylic acids is 1. The summed E-state index contributed by atoms with van der Waals surface area (Å²) in [6, 6.07) is 18.1. The Hall–Kier alpha value is -2.52. The van der Waals surface area contributed by atoms with E-state index in [0.29, 0.717) is 5.56 Å². The summed E-state index contributed by atoms with van der Waals surface area (Å²) in [5.41, 5.74) is 11.5. The smallest absolute Gasteiger partial charge is 0.250 e. The van der Waals surface area contributed by atoms with E-state index in [4.69, 9.17) is 17.3 Å². The van der Waals surface area contributed by atoms with Crippen LogP contribution in [0.5, 0.6) is 0 Å². The number of carbonyl (C=O) groups is 1. The van der Waals surface area contributed by atoms with Crippen LogP contribution in [0.15, 0.2) is 54.6 Å². The molecule has 0 saturated carbocycles. The monoisotopic (exact) mass is 352 g/mol. The van der Waals surface area contributed by atoms with Crippen LogP contribution in [-0.2, 0) is 13.0 Å². The summed E-state index contributed by atoms with van der Waals surface area (Å²) in [7, 11) is 0. The lowest BCUT2D eigenvalue weighted by atomic mass is 10.1. The van der Waals surface area contributed by atoms with Gasteiger partial charge in [-0.05, 0) is 49.6 Å². The highest BCUT2D eigenvalue weighted by molar-refractivity contribution is 6.30. The van der Waals surface area contributed by atoms with Gasteiger partial charge in [0.15, 0.2) is 0 Å². The van der Waals surface area contributed by atoms with Crippen molar-refractivity contribution in [2.45, 2.75) is 26.8 Å². The summed E-state index contributed by atoms with van der Waals surface area (Å²) < 4.78 is 2.17. The standard InChI is InChI=1S/C21H21ClN2O/c1-14-3-7-17(8-4-14)20-13-19(21(23)25)15(2)24(20)12-11-16-5-9-18(22)10-6-16/h3-10,13H,11-12H2,1-2H3,(H2,23,25). The Morgan fingerprint density at radius 2 is 1.68 bits per heavy atom. The minimum absolute atomic E-state index is 0.392. The molecular weight excluding hydrogens is 332 g/mol. The van der Waals surface area contributed by atoms with Crippen molar-refractivity contribution in [3.63, 3.8) is 0 Å². The van der Waals surface area contributed by atoms with Gasteiger partial charge in [0.05, 0.1) is 5.56 Å². The molecule has 1 aromatic heterocycles. The fourth-order valence-corrected chi connectivity index (χ4v) is 3.16. The number of halogens is 1. The van der Waals surface area contributed by atoms with Gasteiger partial charge in [0.25, 0.3) is 5.91 Å². The van der Waals surface area contributed by atoms with Crippen LogP contribution in [-0.4, -0.2) is 10.5 Å². The Bertz CT molecular complexity index is 893. The summed E-state index contributed by atoms with van der Waals surface area (Å²) in [5.74, 6) is -0.392. The zero-order chi connectivity index (χ0) is 18.0. The summed E-state index contributed by atoms with van der Waals surface area (Å²) in [6.45, 7) is 4.77. The molecule has 1 heterocycles. The minimum Gasteiger partial charge on any atom is -0.366 e. The normalized spacial score (nSPS) is 10.8. The largest absolute Gasteiger partial charge is 0.366 e. The van der Waals surface area contributed by atoms with Gasteiger partial charge in [0, 0.05) is 23.0 Å². The van der Waals surface area contributed by atoms with Crippen LogP contribution in [0.2, 0.25) is 5.02 Å². The average molecular weight is 353 g/mol. The average Bonchev–Trinajstić information content (AvgIpc) is 2.92. The van der Waals surface area contributed by atoms with E-state index in [1.807, 2.05) is 37.3 Å². The number of amides is 1. The first kappa shape index (κ1) is 17.3. The fraction of sp³-hybridized carbons (Fsp3) is 0.190. The molecule has 0 fully saturated rings. The summed E-state index contributed by atoms with van der Waals surface area (Å²) in [4.78, 5) is 11.8. The van der Waals surface area contributed by atoms with Gasteiger partial charge in [-0.25, -0.2) is 0 Å². The predicted molar refractivity (Wildman–Crippen MR) is 103 cm³/mol. The summed E-state index contributed by atoms with van der Waals surface area (Å²) in [5, 5.41) is 0.734. The van der Waals surface area contributed by atoms with E-state index in [1.165, 1.54) is 11.1 Å². The van der Waals surface area contributed by atoms with Crippen molar-refractivity contribution in [1.29, 1.82) is 0 Å². The number of aryl methyl sites for hydroxylation is 2. The molecule has 0 aliphatic carbocycles. The first-order valence-electron chi connectivity index (χ1n) is 8.27. The number of nitrogens with zero attached hydrogens (tertiary/aromatic N) is 1. The maximum absolute atomic E-state index is 11.8. The van der Waals surface area contributed by atoms with Gasteiger partial charge in [-0.15, -0.1) is 0 Å². The molecule has 0 radical (unpaired) electrons. The molecule has 3 nitrogen and oxygen atoms in total. The van der Waals surface area contributed by atoms with E-state index in [0.717, 1.165) is 34.9 Å². The van der Waals surface area contributed by atoms with E-state index in [2.05, 4.69) is 35.8 Å². The number of nitrogens with two attached hydrogens (primary N) is 1. The van der Waals surface area contributed by atoms with Gasteiger partial charge in [0.1, 0.15) is 0 Å². The van der Waals surface area contributed by atoms with Crippen molar-refractivity contribution in [3.8, 4) is 11.3 Å². The van der Waals surface area contributed by atoms with E-state index < -0.39 is 5.91 Å². The first-order valence-corrected chi connectivity index (χ1v) is 8.65. The minimum atomic E-state index is -0.392. The summed E-state index contributed by atoms with van der Waals surface area (Å²) >= 11 is 5.95. The van der Waals surface area contributed by atoms with Gasteiger partial charge in [0.2, 0.25) is 0 Å². The first-order chi connectivity index (χ1) is 12.0. The van der Waals surface area contributed by atoms with Crippen LogP contribution in [0.3, 0.4) is 0 Å². The highest BCUT2D eigenvalue weighted by atomic mass is 35.5. The number of benzene rings is 2. The topological polar surface area (TPSA) is 48.0 Å². The molecule has 1 amide bonds. The Morgan fingerprint density at radius 1 is 1.04 bits per heavy atom. The van der Waals surface area contributed by atoms with Crippen LogP contribution in [0, 0.1) is 13.8 Å². The number of hydrogen-bond acceptors (Lipinski definition) is 1. The van der Waals surface area contributed by atoms with Crippen molar-refractivity contribution in [1.82, 2.24) is 4.57 Å². The second kappa shape index (κ2) is 7.16. The number of rotatable bonds is 5.